The van der Waals surface area contributed by atoms with Gasteiger partial charge in [-0.15, -0.1) is 0 Å². The van der Waals surface area contributed by atoms with Crippen molar-refractivity contribution < 1.29 is 14.3 Å². The number of hydrogen-bond acceptors (Lipinski definition) is 5. The highest BCUT2D eigenvalue weighted by atomic mass is 35.5. The summed E-state index contributed by atoms with van der Waals surface area (Å²) in [7, 11) is 0. The van der Waals surface area contributed by atoms with Crippen molar-refractivity contribution in [3.63, 3.8) is 0 Å². The molecule has 0 aliphatic heterocycles. The summed E-state index contributed by atoms with van der Waals surface area (Å²) in [6.45, 7) is 6.26. The molecule has 0 radical (unpaired) electrons. The number of halogens is 1. The van der Waals surface area contributed by atoms with E-state index in [1.54, 1.807) is 43.5 Å². The maximum absolute atomic E-state index is 12.3. The number of carbonyl (C=O) groups excluding carboxylic acids is 1. The fraction of sp³-hybridized carbons (Fsp3) is 0.316. The Kier molecular flexibility index (Phi) is 5.42. The van der Waals surface area contributed by atoms with Gasteiger partial charge in [0.25, 0.3) is 0 Å². The van der Waals surface area contributed by atoms with Crippen molar-refractivity contribution in [3.8, 4) is 5.75 Å². The Morgan fingerprint density at radius 3 is 2.65 bits per heavy atom. The highest BCUT2D eigenvalue weighted by Crippen LogP contribution is 2.20. The number of nitrogens with zero attached hydrogens (tertiary/aromatic N) is 3. The second-order valence-corrected chi connectivity index (χ2v) is 6.59. The summed E-state index contributed by atoms with van der Waals surface area (Å²) in [5.74, 6) is 0.250. The fourth-order valence-electron chi connectivity index (χ4n) is 2.55. The van der Waals surface area contributed by atoms with Crippen molar-refractivity contribution >= 4 is 28.6 Å². The summed E-state index contributed by atoms with van der Waals surface area (Å²) in [6, 6.07) is 8.97. The average molecular weight is 374 g/mol. The number of benzene rings is 1. The quantitative estimate of drug-likeness (QED) is 0.478. The van der Waals surface area contributed by atoms with Crippen LogP contribution in [0.1, 0.15) is 35.9 Å². The molecule has 0 aliphatic rings. The lowest BCUT2D eigenvalue weighted by Crippen LogP contribution is -2.14. The molecule has 0 aliphatic carbocycles. The van der Waals surface area contributed by atoms with E-state index in [4.69, 9.17) is 21.1 Å². The second kappa shape index (κ2) is 7.74. The minimum Gasteiger partial charge on any atom is -0.490 e. The Morgan fingerprint density at radius 1 is 1.23 bits per heavy atom. The molecule has 0 spiro atoms. The summed E-state index contributed by atoms with van der Waals surface area (Å²) in [5, 5.41) is 5.78. The van der Waals surface area contributed by atoms with Crippen LogP contribution in [-0.4, -0.2) is 33.9 Å². The average Bonchev–Trinajstić information content (AvgIpc) is 3.02. The van der Waals surface area contributed by atoms with Crippen LogP contribution < -0.4 is 4.74 Å². The molecule has 3 rings (SSSR count). The summed E-state index contributed by atoms with van der Waals surface area (Å²) in [6.07, 6.45) is 1.71. The lowest BCUT2D eigenvalue weighted by Gasteiger charge is -2.10. The first-order chi connectivity index (χ1) is 12.5. The maximum Gasteiger partial charge on any atom is 0.340 e. The van der Waals surface area contributed by atoms with Crippen LogP contribution in [0.3, 0.4) is 0 Å². The molecular formula is C19H20ClN3O3. The molecule has 0 atom stereocenters. The Balaban J connectivity index is 1.62. The Morgan fingerprint density at radius 2 is 1.96 bits per heavy atom. The smallest absolute Gasteiger partial charge is 0.340 e. The first-order valence-electron chi connectivity index (χ1n) is 8.36. The largest absolute Gasteiger partial charge is 0.490 e. The van der Waals surface area contributed by atoms with Crippen LogP contribution >= 0.6 is 11.6 Å². The number of ether oxygens (including phenoxy) is 2. The van der Waals surface area contributed by atoms with Gasteiger partial charge in [0.2, 0.25) is 0 Å². The molecule has 7 heteroatoms. The van der Waals surface area contributed by atoms with Crippen LogP contribution in [-0.2, 0) is 4.74 Å². The van der Waals surface area contributed by atoms with Gasteiger partial charge in [0.1, 0.15) is 19.0 Å². The van der Waals surface area contributed by atoms with Gasteiger partial charge in [-0.25, -0.2) is 14.5 Å². The van der Waals surface area contributed by atoms with Crippen LogP contribution in [0, 0.1) is 6.92 Å². The molecule has 1 aromatic carbocycles. The van der Waals surface area contributed by atoms with Gasteiger partial charge in [-0.3, -0.25) is 0 Å². The molecule has 0 saturated carbocycles. The molecule has 2 heterocycles. The van der Waals surface area contributed by atoms with Gasteiger partial charge < -0.3 is 9.47 Å². The summed E-state index contributed by atoms with van der Waals surface area (Å²) in [4.78, 5) is 16.9. The third-order valence-electron chi connectivity index (χ3n) is 3.87. The van der Waals surface area contributed by atoms with E-state index in [0.29, 0.717) is 22.0 Å². The Labute approximate surface area is 156 Å². The highest BCUT2D eigenvalue weighted by Gasteiger charge is 2.16. The fourth-order valence-corrected chi connectivity index (χ4v) is 2.68. The van der Waals surface area contributed by atoms with Crippen LogP contribution in [0.4, 0.5) is 0 Å². The first-order valence-corrected chi connectivity index (χ1v) is 8.74. The molecule has 2 aromatic heterocycles. The molecular weight excluding hydrogens is 354 g/mol. The minimum atomic E-state index is -0.422. The number of fused-ring (bicyclic) bond motifs is 1. The zero-order chi connectivity index (χ0) is 18.7. The van der Waals surface area contributed by atoms with Gasteiger partial charge in [0, 0.05) is 16.5 Å². The summed E-state index contributed by atoms with van der Waals surface area (Å²) >= 11 is 5.82. The molecule has 0 amide bonds. The molecule has 3 aromatic rings. The monoisotopic (exact) mass is 373 g/mol. The lowest BCUT2D eigenvalue weighted by atomic mass is 10.2. The Bertz CT molecular complexity index is 920. The van der Waals surface area contributed by atoms with Gasteiger partial charge in [-0.05, 0) is 51.1 Å². The number of aryl methyl sites for hydroxylation is 1. The molecule has 136 valence electrons. The van der Waals surface area contributed by atoms with Crippen LogP contribution in [0.25, 0.3) is 11.0 Å². The molecule has 6 nitrogen and oxygen atoms in total. The topological polar surface area (TPSA) is 66.2 Å². The predicted octanol–water partition coefficient (Wildman–Crippen LogP) is 4.21. The van der Waals surface area contributed by atoms with Gasteiger partial charge in [0.05, 0.1) is 17.5 Å². The zero-order valence-corrected chi connectivity index (χ0v) is 15.7. The van der Waals surface area contributed by atoms with E-state index in [9.17, 15) is 4.79 Å². The van der Waals surface area contributed by atoms with Crippen molar-refractivity contribution in [1.82, 2.24) is 14.8 Å². The summed E-state index contributed by atoms with van der Waals surface area (Å²) in [5.41, 5.74) is 1.82. The minimum absolute atomic E-state index is 0.143. The zero-order valence-electron chi connectivity index (χ0n) is 14.9. The number of esters is 1. The van der Waals surface area contributed by atoms with Crippen LogP contribution in [0.2, 0.25) is 5.02 Å². The van der Waals surface area contributed by atoms with Crippen molar-refractivity contribution in [2.45, 2.75) is 26.8 Å². The SMILES string of the molecule is Cc1nc2c(cnn2C(C)C)cc1C(=O)OCCOc1ccc(Cl)cc1. The van der Waals surface area contributed by atoms with Gasteiger partial charge in [0.15, 0.2) is 5.65 Å². The van der Waals surface area contributed by atoms with Gasteiger partial charge in [-0.2, -0.15) is 5.10 Å². The van der Waals surface area contributed by atoms with E-state index in [0.717, 1.165) is 11.0 Å². The Hall–Kier alpha value is -2.60. The lowest BCUT2D eigenvalue weighted by molar-refractivity contribution is 0.0449. The first kappa shape index (κ1) is 18.2. The third kappa shape index (κ3) is 3.96. The summed E-state index contributed by atoms with van der Waals surface area (Å²) < 4.78 is 12.6. The number of carbonyl (C=O) groups is 1. The second-order valence-electron chi connectivity index (χ2n) is 6.16. The van der Waals surface area contributed by atoms with Gasteiger partial charge in [-0.1, -0.05) is 11.6 Å². The molecule has 0 saturated heterocycles. The standard InChI is InChI=1S/C19H20ClN3O3/c1-12(2)23-18-14(11-21-23)10-17(13(3)22-18)19(24)26-9-8-25-16-6-4-15(20)5-7-16/h4-7,10-12H,8-9H2,1-3H3. The normalized spacial score (nSPS) is 11.1. The van der Waals surface area contributed by atoms with Crippen molar-refractivity contribution in [2.24, 2.45) is 0 Å². The molecule has 0 bridgehead atoms. The van der Waals surface area contributed by atoms with E-state index in [1.807, 2.05) is 18.5 Å². The maximum atomic E-state index is 12.3. The van der Waals surface area contributed by atoms with Crippen molar-refractivity contribution in [1.29, 1.82) is 0 Å². The van der Waals surface area contributed by atoms with Crippen molar-refractivity contribution in [2.75, 3.05) is 13.2 Å². The van der Waals surface area contributed by atoms with E-state index in [2.05, 4.69) is 10.1 Å². The van der Waals surface area contributed by atoms with Crippen LogP contribution in [0.5, 0.6) is 5.75 Å². The third-order valence-corrected chi connectivity index (χ3v) is 4.12. The van der Waals surface area contributed by atoms with E-state index >= 15 is 0 Å². The predicted molar refractivity (Wildman–Crippen MR) is 99.9 cm³/mol. The number of pyridine rings is 1. The number of rotatable bonds is 6. The van der Waals surface area contributed by atoms with Crippen LogP contribution in [0.15, 0.2) is 36.5 Å². The van der Waals surface area contributed by atoms with E-state index < -0.39 is 5.97 Å². The molecule has 0 unspecified atom stereocenters. The number of hydrogen-bond donors (Lipinski definition) is 0. The van der Waals surface area contributed by atoms with Crippen molar-refractivity contribution in [3.05, 3.63) is 52.8 Å². The molecule has 0 N–H and O–H groups in total. The van der Waals surface area contributed by atoms with E-state index in [1.165, 1.54) is 0 Å². The highest BCUT2D eigenvalue weighted by molar-refractivity contribution is 6.30. The molecule has 0 fully saturated rings. The number of aromatic nitrogens is 3. The van der Waals surface area contributed by atoms with Gasteiger partial charge >= 0.3 is 5.97 Å². The van der Waals surface area contributed by atoms with E-state index in [-0.39, 0.29) is 19.3 Å². The molecule has 26 heavy (non-hydrogen) atoms.